The molecule has 356 valence electrons. The Morgan fingerprint density at radius 1 is 0.701 bits per heavy atom. The summed E-state index contributed by atoms with van der Waals surface area (Å²) in [4.78, 5) is 76.7. The summed E-state index contributed by atoms with van der Waals surface area (Å²) in [5, 5.41) is 2.73. The Kier molecular flexibility index (Phi) is 13.0. The van der Waals surface area contributed by atoms with Gasteiger partial charge in [0, 0.05) is 31.9 Å². The van der Waals surface area contributed by atoms with Crippen molar-refractivity contribution in [2.24, 2.45) is 17.6 Å². The highest BCUT2D eigenvalue weighted by atomic mass is 19.1. The van der Waals surface area contributed by atoms with Crippen molar-refractivity contribution in [3.05, 3.63) is 83.2 Å². The summed E-state index contributed by atoms with van der Waals surface area (Å²) >= 11 is 0. The fourth-order valence-electron chi connectivity index (χ4n) is 11.0. The van der Waals surface area contributed by atoms with Crippen LogP contribution in [0.1, 0.15) is 132 Å². The molecule has 4 aliphatic rings. The minimum Gasteiger partial charge on any atom is -0.453 e. The van der Waals surface area contributed by atoms with Crippen LogP contribution in [0.25, 0.3) is 22.1 Å². The summed E-state index contributed by atoms with van der Waals surface area (Å²) in [5.41, 5.74) is 12.1. The van der Waals surface area contributed by atoms with Gasteiger partial charge in [0.05, 0.1) is 59.0 Å². The van der Waals surface area contributed by atoms with Gasteiger partial charge in [-0.1, -0.05) is 39.8 Å². The number of rotatable bonds is 12. The van der Waals surface area contributed by atoms with Crippen molar-refractivity contribution in [3.63, 3.8) is 0 Å². The molecule has 0 radical (unpaired) electrons. The number of methoxy groups -OCH3 is 1. The molecule has 17 heteroatoms. The fourth-order valence-corrected chi connectivity index (χ4v) is 11.0. The van der Waals surface area contributed by atoms with E-state index in [2.05, 4.69) is 55.4 Å². The van der Waals surface area contributed by atoms with Crippen LogP contribution in [0, 0.1) is 17.7 Å². The van der Waals surface area contributed by atoms with Gasteiger partial charge in [-0.15, -0.1) is 0 Å². The molecule has 6 heterocycles. The molecule has 9 rings (SSSR count). The number of fused-ring (bicyclic) bond motifs is 2. The van der Waals surface area contributed by atoms with E-state index < -0.39 is 24.3 Å². The molecule has 4 saturated heterocycles. The van der Waals surface area contributed by atoms with Gasteiger partial charge in [-0.05, 0) is 123 Å². The third kappa shape index (κ3) is 9.08. The van der Waals surface area contributed by atoms with Crippen LogP contribution in [-0.2, 0) is 19.1 Å². The van der Waals surface area contributed by atoms with E-state index >= 15 is 4.39 Å². The quantitative estimate of drug-likeness (QED) is 0.0943. The van der Waals surface area contributed by atoms with Crippen molar-refractivity contribution >= 4 is 57.4 Å². The number of nitrogens with zero attached hydrogens (tertiary/aromatic N) is 6. The van der Waals surface area contributed by atoms with Gasteiger partial charge in [0.15, 0.2) is 6.10 Å². The lowest BCUT2D eigenvalue weighted by molar-refractivity contribution is -0.143. The van der Waals surface area contributed by atoms with E-state index in [-0.39, 0.29) is 53.6 Å². The standard InChI is InChI=1S/C50H63FN10O6/c1-28(2)43(57-50(65)66-5)47(62)59-23-9-11-41(59)45-53-34-16-13-30(25-36(34)55-45)38-19-20-39(61(38)32-15-18-40(33(51)27-32)58-21-7-6-8-22-58)31-14-17-35-37(26-31)56-46(54-35)42-12-10-24-60(42)48(63)44(29(3)4)67-49(52)64/h13-18,25-29,38-39,41-44H,6-12,19-24H2,1-5H3,(H2,52,64)(H,53,55)(H,54,56)(H,57,65)/t38-,39-,41+,42+,43+,44+/m1/s1. The predicted molar refractivity (Wildman–Crippen MR) is 253 cm³/mol. The molecule has 0 spiro atoms. The van der Waals surface area contributed by atoms with E-state index in [4.69, 9.17) is 25.2 Å². The zero-order valence-electron chi connectivity index (χ0n) is 39.1. The van der Waals surface area contributed by atoms with E-state index in [0.717, 1.165) is 103 Å². The van der Waals surface area contributed by atoms with Gasteiger partial charge in [0.25, 0.3) is 5.91 Å². The molecule has 5 N–H and O–H groups in total. The second-order valence-electron chi connectivity index (χ2n) is 19.3. The van der Waals surface area contributed by atoms with Crippen molar-refractivity contribution in [1.29, 1.82) is 0 Å². The number of hydrogen-bond donors (Lipinski definition) is 4. The average Bonchev–Trinajstić information content (AvgIpc) is 4.18. The van der Waals surface area contributed by atoms with Crippen molar-refractivity contribution in [2.75, 3.05) is 43.1 Å². The zero-order chi connectivity index (χ0) is 47.1. The molecule has 4 fully saturated rings. The summed E-state index contributed by atoms with van der Waals surface area (Å²) in [7, 11) is 1.29. The minimum absolute atomic E-state index is 0.107. The third-order valence-electron chi connectivity index (χ3n) is 14.3. The largest absolute Gasteiger partial charge is 0.453 e. The first kappa shape index (κ1) is 45.8. The number of H-pyrrole nitrogens is 2. The molecule has 4 amide bonds. The van der Waals surface area contributed by atoms with E-state index in [1.807, 2.05) is 50.8 Å². The van der Waals surface area contributed by atoms with E-state index in [0.29, 0.717) is 36.8 Å². The van der Waals surface area contributed by atoms with Crippen LogP contribution in [0.2, 0.25) is 0 Å². The molecule has 67 heavy (non-hydrogen) atoms. The minimum atomic E-state index is -0.987. The number of hydrogen-bond acceptors (Lipinski definition) is 10. The molecule has 4 aliphatic heterocycles. The van der Waals surface area contributed by atoms with Gasteiger partial charge in [-0.2, -0.15) is 0 Å². The van der Waals surface area contributed by atoms with Crippen molar-refractivity contribution < 1.29 is 33.0 Å². The van der Waals surface area contributed by atoms with Gasteiger partial charge < -0.3 is 50.1 Å². The maximum absolute atomic E-state index is 16.4. The molecule has 6 atom stereocenters. The number of halogens is 1. The Labute approximate surface area is 390 Å². The second kappa shape index (κ2) is 19.1. The van der Waals surface area contributed by atoms with E-state index in [1.54, 1.807) is 11.0 Å². The second-order valence-corrected chi connectivity index (χ2v) is 19.3. The van der Waals surface area contributed by atoms with Crippen molar-refractivity contribution in [2.45, 2.75) is 122 Å². The van der Waals surface area contributed by atoms with Crippen LogP contribution in [0.3, 0.4) is 0 Å². The number of aromatic amines is 2. The van der Waals surface area contributed by atoms with Crippen molar-refractivity contribution in [3.8, 4) is 0 Å². The number of primary amides is 1. The van der Waals surface area contributed by atoms with Gasteiger partial charge >= 0.3 is 12.2 Å². The fraction of sp³-hybridized carbons (Fsp3) is 0.520. The number of piperidine rings is 1. The number of alkyl carbamates (subject to hydrolysis) is 1. The molecule has 0 saturated carbocycles. The predicted octanol–water partition coefficient (Wildman–Crippen LogP) is 8.48. The number of aromatic nitrogens is 4. The van der Waals surface area contributed by atoms with Gasteiger partial charge in [0.2, 0.25) is 5.91 Å². The lowest BCUT2D eigenvalue weighted by Crippen LogP contribution is -2.51. The summed E-state index contributed by atoms with van der Waals surface area (Å²) < 4.78 is 26.5. The number of nitrogens with one attached hydrogen (secondary N) is 3. The number of likely N-dealkylation sites (tertiary alicyclic amines) is 2. The topological polar surface area (TPSA) is 195 Å². The first-order valence-electron chi connectivity index (χ1n) is 24.0. The third-order valence-corrected chi connectivity index (χ3v) is 14.3. The Bertz CT molecular complexity index is 2640. The number of anilines is 2. The lowest BCUT2D eigenvalue weighted by atomic mass is 10.0. The summed E-state index contributed by atoms with van der Waals surface area (Å²) in [6, 6.07) is 16.6. The van der Waals surface area contributed by atoms with Crippen LogP contribution in [0.15, 0.2) is 54.6 Å². The summed E-state index contributed by atoms with van der Waals surface area (Å²) in [6.45, 7) is 10.2. The molecule has 0 aliphatic carbocycles. The maximum atomic E-state index is 16.4. The monoisotopic (exact) mass is 918 g/mol. The summed E-state index contributed by atoms with van der Waals surface area (Å²) in [6.07, 6.45) is 5.29. The first-order chi connectivity index (χ1) is 32.3. The van der Waals surface area contributed by atoms with Gasteiger partial charge in [0.1, 0.15) is 23.5 Å². The van der Waals surface area contributed by atoms with Crippen LogP contribution in [0.4, 0.5) is 25.4 Å². The zero-order valence-corrected chi connectivity index (χ0v) is 39.1. The molecule has 2 aromatic heterocycles. The number of carbonyl (C=O) groups excluding carboxylic acids is 4. The Morgan fingerprint density at radius 2 is 1.27 bits per heavy atom. The van der Waals surface area contributed by atoms with Crippen molar-refractivity contribution in [1.82, 2.24) is 35.1 Å². The maximum Gasteiger partial charge on any atom is 0.407 e. The molecule has 0 bridgehead atoms. The van der Waals surface area contributed by atoms with Gasteiger partial charge in [-0.3, -0.25) is 9.59 Å². The molecule has 5 aromatic rings. The van der Waals surface area contributed by atoms with Gasteiger partial charge in [-0.25, -0.2) is 23.9 Å². The molecule has 0 unspecified atom stereocenters. The van der Waals surface area contributed by atoms with Crippen LogP contribution in [0.5, 0.6) is 0 Å². The Hall–Kier alpha value is -6.39. The number of nitrogens with two attached hydrogens (primary N) is 1. The van der Waals surface area contributed by atoms with E-state index in [1.165, 1.54) is 7.11 Å². The van der Waals surface area contributed by atoms with E-state index in [9.17, 15) is 19.2 Å². The van der Waals surface area contributed by atoms with Crippen LogP contribution < -0.4 is 20.9 Å². The summed E-state index contributed by atoms with van der Waals surface area (Å²) in [5.74, 6) is 0.286. The average molecular weight is 919 g/mol. The highest BCUT2D eigenvalue weighted by Crippen LogP contribution is 2.48. The number of imidazole rings is 2. The number of amides is 4. The van der Waals surface area contributed by atoms with Crippen LogP contribution >= 0.6 is 0 Å². The molecular weight excluding hydrogens is 856 g/mol. The Balaban J connectivity index is 1.02. The smallest absolute Gasteiger partial charge is 0.407 e. The lowest BCUT2D eigenvalue weighted by Gasteiger charge is -2.34. The number of carbonyl (C=O) groups is 4. The highest BCUT2D eigenvalue weighted by molar-refractivity contribution is 5.87. The number of ether oxygens (including phenoxy) is 2. The molecule has 16 nitrogen and oxygen atoms in total. The Morgan fingerprint density at radius 3 is 1.78 bits per heavy atom. The highest BCUT2D eigenvalue weighted by Gasteiger charge is 2.41. The molecule has 3 aromatic carbocycles. The molecular formula is C50H63FN10O6. The number of benzene rings is 3. The SMILES string of the molecule is COC(=O)N[C@H](C(=O)N1CCC[C@H]1c1nc2ccc([C@H]3CC[C@H](c4ccc5nc([C@@H]6CCCN6C(=O)[C@@H](OC(N)=O)C(C)C)[nH]c5c4)N3c3ccc(N4CCCCC4)c(F)c3)cc2[nH]1)C(C)C. The normalized spacial score (nSPS) is 22.0. The van der Waals surface area contributed by atoms with Crippen LogP contribution in [-0.4, -0.2) is 99.2 Å². The first-order valence-corrected chi connectivity index (χ1v) is 24.0.